The number of nitrogens with one attached hydrogen (secondary N) is 1. The highest BCUT2D eigenvalue weighted by Gasteiger charge is 2.12. The predicted molar refractivity (Wildman–Crippen MR) is 112 cm³/mol. The fourth-order valence-electron chi connectivity index (χ4n) is 3.08. The van der Waals surface area contributed by atoms with Crippen molar-refractivity contribution in [3.8, 4) is 0 Å². The number of nitrogens with zero attached hydrogens (tertiary/aromatic N) is 3. The second-order valence-corrected chi connectivity index (χ2v) is 6.50. The molecule has 1 aliphatic rings. The summed E-state index contributed by atoms with van der Waals surface area (Å²) in [5, 5.41) is 0. The summed E-state index contributed by atoms with van der Waals surface area (Å²) in [5.41, 5.74) is 5.48. The van der Waals surface area contributed by atoms with Crippen LogP contribution in [-0.2, 0) is 24.1 Å². The van der Waals surface area contributed by atoms with Gasteiger partial charge in [0.15, 0.2) is 0 Å². The van der Waals surface area contributed by atoms with E-state index in [2.05, 4.69) is 32.4 Å². The highest BCUT2D eigenvalue weighted by atomic mass is 35.5. The lowest BCUT2D eigenvalue weighted by atomic mass is 10.0. The molecule has 0 unspecified atom stereocenters. The molecule has 8 heteroatoms. The zero-order valence-corrected chi connectivity index (χ0v) is 16.9. The van der Waals surface area contributed by atoms with Crippen molar-refractivity contribution in [1.82, 2.24) is 15.4 Å². The summed E-state index contributed by atoms with van der Waals surface area (Å²) < 4.78 is 0. The lowest BCUT2D eigenvalue weighted by Crippen LogP contribution is -2.31. The third-order valence-corrected chi connectivity index (χ3v) is 4.58. The van der Waals surface area contributed by atoms with E-state index in [1.807, 2.05) is 24.5 Å². The molecular formula is C19H27Cl2N5O. The van der Waals surface area contributed by atoms with Crippen LogP contribution in [0.25, 0.3) is 0 Å². The van der Waals surface area contributed by atoms with E-state index in [9.17, 15) is 4.79 Å². The number of carbonyl (C=O) groups is 1. The van der Waals surface area contributed by atoms with Crippen LogP contribution in [-0.4, -0.2) is 29.0 Å². The smallest absolute Gasteiger partial charge is 0.238 e. The Morgan fingerprint density at radius 2 is 1.48 bits per heavy atom. The Balaban J connectivity index is 0.00000182. The standard InChI is InChI=1S/C19H25N5O.2ClH/c20-23-18(25)12-16-7-4-15(5-8-16)6-9-17-13-21-19(22-14-17)24-10-2-1-3-11-24;;/h4-5,7-8,13-14H,1-3,6,9-12,20H2,(H,23,25);2*1H. The molecule has 148 valence electrons. The van der Waals surface area contributed by atoms with E-state index >= 15 is 0 Å². The van der Waals surface area contributed by atoms with Gasteiger partial charge in [-0.15, -0.1) is 24.8 Å². The number of piperidine rings is 1. The van der Waals surface area contributed by atoms with Crippen molar-refractivity contribution in [2.45, 2.75) is 38.5 Å². The topological polar surface area (TPSA) is 84.1 Å². The van der Waals surface area contributed by atoms with E-state index in [1.165, 1.54) is 24.8 Å². The molecule has 3 rings (SSSR count). The maximum Gasteiger partial charge on any atom is 0.238 e. The van der Waals surface area contributed by atoms with Gasteiger partial charge in [-0.3, -0.25) is 10.2 Å². The van der Waals surface area contributed by atoms with Crippen LogP contribution in [0.1, 0.15) is 36.0 Å². The van der Waals surface area contributed by atoms with Crippen molar-refractivity contribution in [3.05, 3.63) is 53.3 Å². The molecule has 6 nitrogen and oxygen atoms in total. The van der Waals surface area contributed by atoms with Crippen molar-refractivity contribution in [1.29, 1.82) is 0 Å². The van der Waals surface area contributed by atoms with Crippen molar-refractivity contribution < 1.29 is 4.79 Å². The van der Waals surface area contributed by atoms with Crippen LogP contribution in [0, 0.1) is 0 Å². The van der Waals surface area contributed by atoms with Gasteiger partial charge in [0.25, 0.3) is 0 Å². The first kappa shape index (κ1) is 23.1. The fourth-order valence-corrected chi connectivity index (χ4v) is 3.08. The van der Waals surface area contributed by atoms with Crippen LogP contribution in [0.15, 0.2) is 36.7 Å². The summed E-state index contributed by atoms with van der Waals surface area (Å²) in [4.78, 5) is 22.6. The SMILES string of the molecule is Cl.Cl.NNC(=O)Cc1ccc(CCc2cnc(N3CCCCC3)nc2)cc1. The summed E-state index contributed by atoms with van der Waals surface area (Å²) >= 11 is 0. The van der Waals surface area contributed by atoms with Gasteiger partial charge < -0.3 is 4.90 Å². The van der Waals surface area contributed by atoms with Crippen molar-refractivity contribution in [2.75, 3.05) is 18.0 Å². The van der Waals surface area contributed by atoms with Crippen LogP contribution >= 0.6 is 24.8 Å². The van der Waals surface area contributed by atoms with E-state index in [4.69, 9.17) is 5.84 Å². The van der Waals surface area contributed by atoms with Crippen LogP contribution in [0.4, 0.5) is 5.95 Å². The zero-order chi connectivity index (χ0) is 17.5. The van der Waals surface area contributed by atoms with Crippen molar-refractivity contribution in [2.24, 2.45) is 5.84 Å². The van der Waals surface area contributed by atoms with Crippen LogP contribution in [0.3, 0.4) is 0 Å². The van der Waals surface area contributed by atoms with Crippen LogP contribution < -0.4 is 16.2 Å². The van der Waals surface area contributed by atoms with Gasteiger partial charge in [-0.2, -0.15) is 0 Å². The molecule has 0 saturated carbocycles. The molecule has 2 aromatic rings. The van der Waals surface area contributed by atoms with Gasteiger partial charge in [0.2, 0.25) is 11.9 Å². The number of carbonyl (C=O) groups excluding carboxylic acids is 1. The monoisotopic (exact) mass is 411 g/mol. The number of aryl methyl sites for hydroxylation is 2. The Kier molecular flexibility index (Phi) is 10.1. The highest BCUT2D eigenvalue weighted by Crippen LogP contribution is 2.15. The van der Waals surface area contributed by atoms with E-state index in [0.29, 0.717) is 6.42 Å². The second-order valence-electron chi connectivity index (χ2n) is 6.50. The first-order valence-electron chi connectivity index (χ1n) is 8.88. The maximum absolute atomic E-state index is 11.3. The number of hydrogen-bond donors (Lipinski definition) is 2. The average Bonchev–Trinajstić information content (AvgIpc) is 2.68. The molecule has 0 spiro atoms. The minimum absolute atomic E-state index is 0. The number of nitrogens with two attached hydrogens (primary N) is 1. The molecule has 0 radical (unpaired) electrons. The van der Waals surface area contributed by atoms with E-state index < -0.39 is 0 Å². The number of hydrazine groups is 1. The summed E-state index contributed by atoms with van der Waals surface area (Å²) in [6.07, 6.45) is 9.79. The molecule has 1 fully saturated rings. The molecule has 1 aromatic carbocycles. The van der Waals surface area contributed by atoms with Gasteiger partial charge in [0.05, 0.1) is 6.42 Å². The Labute approximate surface area is 172 Å². The summed E-state index contributed by atoms with van der Waals surface area (Å²) in [6.45, 7) is 2.13. The number of aromatic nitrogens is 2. The molecule has 1 aromatic heterocycles. The number of benzene rings is 1. The van der Waals surface area contributed by atoms with Gasteiger partial charge in [-0.1, -0.05) is 24.3 Å². The van der Waals surface area contributed by atoms with Crippen molar-refractivity contribution in [3.63, 3.8) is 0 Å². The Morgan fingerprint density at radius 1 is 0.926 bits per heavy atom. The molecule has 2 heterocycles. The molecule has 1 saturated heterocycles. The minimum Gasteiger partial charge on any atom is -0.341 e. The third-order valence-electron chi connectivity index (χ3n) is 4.58. The Morgan fingerprint density at radius 3 is 2.07 bits per heavy atom. The molecule has 3 N–H and O–H groups in total. The van der Waals surface area contributed by atoms with E-state index in [0.717, 1.165) is 43.0 Å². The fraction of sp³-hybridized carbons (Fsp3) is 0.421. The summed E-state index contributed by atoms with van der Waals surface area (Å²) in [5.74, 6) is 5.78. The molecule has 27 heavy (non-hydrogen) atoms. The second kappa shape index (κ2) is 11.7. The summed E-state index contributed by atoms with van der Waals surface area (Å²) in [7, 11) is 0. The minimum atomic E-state index is -0.182. The van der Waals surface area contributed by atoms with Gasteiger partial charge >= 0.3 is 0 Å². The van der Waals surface area contributed by atoms with Gasteiger partial charge in [0.1, 0.15) is 0 Å². The Hall–Kier alpha value is -1.89. The van der Waals surface area contributed by atoms with E-state index in [-0.39, 0.29) is 30.7 Å². The molecular weight excluding hydrogens is 385 g/mol. The first-order valence-corrected chi connectivity index (χ1v) is 8.88. The average molecular weight is 412 g/mol. The quantitative estimate of drug-likeness (QED) is 0.433. The predicted octanol–water partition coefficient (Wildman–Crippen LogP) is 2.63. The number of hydrogen-bond acceptors (Lipinski definition) is 5. The van der Waals surface area contributed by atoms with E-state index in [1.54, 1.807) is 0 Å². The zero-order valence-electron chi connectivity index (χ0n) is 15.3. The number of halogens is 2. The van der Waals surface area contributed by atoms with Gasteiger partial charge in [-0.05, 0) is 48.8 Å². The normalized spacial score (nSPS) is 13.3. The number of rotatable bonds is 6. The van der Waals surface area contributed by atoms with Crippen LogP contribution in [0.5, 0.6) is 0 Å². The molecule has 0 atom stereocenters. The molecule has 0 aliphatic carbocycles. The maximum atomic E-state index is 11.3. The van der Waals surface area contributed by atoms with Gasteiger partial charge in [0, 0.05) is 25.5 Å². The van der Waals surface area contributed by atoms with Crippen molar-refractivity contribution >= 4 is 36.7 Å². The highest BCUT2D eigenvalue weighted by molar-refractivity contribution is 5.85. The largest absolute Gasteiger partial charge is 0.341 e. The lowest BCUT2D eigenvalue weighted by Gasteiger charge is -2.26. The Bertz CT molecular complexity index is 688. The molecule has 1 aliphatic heterocycles. The number of amides is 1. The van der Waals surface area contributed by atoms with Gasteiger partial charge in [-0.25, -0.2) is 15.8 Å². The third kappa shape index (κ3) is 6.97. The summed E-state index contributed by atoms with van der Waals surface area (Å²) in [6, 6.07) is 8.06. The molecule has 1 amide bonds. The molecule has 0 bridgehead atoms. The lowest BCUT2D eigenvalue weighted by molar-refractivity contribution is -0.120. The number of anilines is 1. The first-order chi connectivity index (χ1) is 12.2. The van der Waals surface area contributed by atoms with Crippen LogP contribution in [0.2, 0.25) is 0 Å².